The highest BCUT2D eigenvalue weighted by Gasteiger charge is 2.08. The summed E-state index contributed by atoms with van der Waals surface area (Å²) in [5.74, 6) is 0.634. The number of hydrogen-bond acceptors (Lipinski definition) is 4. The van der Waals surface area contributed by atoms with Gasteiger partial charge in [-0.3, -0.25) is 0 Å². The molecule has 17 heavy (non-hydrogen) atoms. The zero-order valence-corrected chi connectivity index (χ0v) is 10.6. The molecule has 1 aromatic heterocycles. The molecule has 0 aliphatic carbocycles. The smallest absolute Gasteiger partial charge is 0.160 e. The Morgan fingerprint density at radius 3 is 2.76 bits per heavy atom. The number of hydrogen-bond donors (Lipinski definition) is 2. The highest BCUT2D eigenvalue weighted by atomic mass is 32.1. The molecule has 1 aromatic carbocycles. The third-order valence-corrected chi connectivity index (χ3v) is 3.59. The first-order valence-electron chi connectivity index (χ1n) is 5.37. The van der Waals surface area contributed by atoms with E-state index in [-0.39, 0.29) is 11.8 Å². The van der Waals surface area contributed by atoms with Gasteiger partial charge in [-0.2, -0.15) is 0 Å². The fourth-order valence-electron chi connectivity index (χ4n) is 1.64. The molecule has 1 unspecified atom stereocenters. The molecule has 4 heteroatoms. The standard InChI is InChI=1S/C13H15NO2S/c1-9(13-4-3-7-17-13)14-10-5-6-12(16-2)11(15)8-10/h3-9,14-15H,1-2H3. The van der Waals surface area contributed by atoms with Crippen molar-refractivity contribution in [2.45, 2.75) is 13.0 Å². The minimum Gasteiger partial charge on any atom is -0.504 e. The third kappa shape index (κ3) is 2.71. The van der Waals surface area contributed by atoms with Gasteiger partial charge in [0.1, 0.15) is 0 Å². The molecule has 1 heterocycles. The second kappa shape index (κ2) is 5.10. The summed E-state index contributed by atoms with van der Waals surface area (Å²) in [4.78, 5) is 1.26. The Hall–Kier alpha value is -1.68. The van der Waals surface area contributed by atoms with Crippen LogP contribution in [0.3, 0.4) is 0 Å². The lowest BCUT2D eigenvalue weighted by molar-refractivity contribution is 0.373. The summed E-state index contributed by atoms with van der Waals surface area (Å²) < 4.78 is 5.00. The zero-order valence-electron chi connectivity index (χ0n) is 9.81. The third-order valence-electron chi connectivity index (χ3n) is 2.53. The van der Waals surface area contributed by atoms with Crippen LogP contribution in [0.4, 0.5) is 5.69 Å². The largest absolute Gasteiger partial charge is 0.504 e. The van der Waals surface area contributed by atoms with E-state index in [1.54, 1.807) is 23.5 Å². The average molecular weight is 249 g/mol. The quantitative estimate of drug-likeness (QED) is 0.869. The Morgan fingerprint density at radius 1 is 1.35 bits per heavy atom. The Kier molecular flexibility index (Phi) is 3.54. The van der Waals surface area contributed by atoms with E-state index in [1.165, 1.54) is 12.0 Å². The molecule has 0 fully saturated rings. The van der Waals surface area contributed by atoms with E-state index in [9.17, 15) is 5.11 Å². The summed E-state index contributed by atoms with van der Waals surface area (Å²) >= 11 is 1.71. The predicted molar refractivity (Wildman–Crippen MR) is 71.0 cm³/mol. The first-order chi connectivity index (χ1) is 8.20. The van der Waals surface area contributed by atoms with Crippen LogP contribution >= 0.6 is 11.3 Å². The van der Waals surface area contributed by atoms with Gasteiger partial charge in [0.25, 0.3) is 0 Å². The van der Waals surface area contributed by atoms with Crippen LogP contribution in [0.15, 0.2) is 35.7 Å². The molecule has 0 bridgehead atoms. The Labute approximate surface area is 105 Å². The van der Waals surface area contributed by atoms with E-state index in [4.69, 9.17) is 4.74 Å². The molecule has 1 atom stereocenters. The SMILES string of the molecule is COc1ccc(NC(C)c2cccs2)cc1O. The van der Waals surface area contributed by atoms with Crippen LogP contribution in [-0.2, 0) is 0 Å². The van der Waals surface area contributed by atoms with Crippen LogP contribution in [0.5, 0.6) is 11.5 Å². The summed E-state index contributed by atoms with van der Waals surface area (Å²) in [7, 11) is 1.54. The number of benzene rings is 1. The van der Waals surface area contributed by atoms with Crippen molar-refractivity contribution in [3.63, 3.8) is 0 Å². The molecule has 2 N–H and O–H groups in total. The summed E-state index contributed by atoms with van der Waals surface area (Å²) in [5, 5.41) is 15.1. The van der Waals surface area contributed by atoms with Crippen LogP contribution in [0, 0.1) is 0 Å². The molecule has 0 saturated carbocycles. The topological polar surface area (TPSA) is 41.5 Å². The average Bonchev–Trinajstić information content (AvgIpc) is 2.82. The number of rotatable bonds is 4. The highest BCUT2D eigenvalue weighted by molar-refractivity contribution is 7.10. The van der Waals surface area contributed by atoms with E-state index in [2.05, 4.69) is 23.7 Å². The van der Waals surface area contributed by atoms with Gasteiger partial charge in [-0.25, -0.2) is 0 Å². The summed E-state index contributed by atoms with van der Waals surface area (Å²) in [6, 6.07) is 9.66. The van der Waals surface area contributed by atoms with Gasteiger partial charge in [-0.05, 0) is 30.5 Å². The number of ether oxygens (including phenoxy) is 1. The molecular formula is C13H15NO2S. The first-order valence-corrected chi connectivity index (χ1v) is 6.25. The molecule has 2 aromatic rings. The lowest BCUT2D eigenvalue weighted by atomic mass is 10.2. The minimum absolute atomic E-state index is 0.149. The van der Waals surface area contributed by atoms with Crippen molar-refractivity contribution in [1.82, 2.24) is 0 Å². The van der Waals surface area contributed by atoms with Crippen molar-refractivity contribution in [3.8, 4) is 11.5 Å². The van der Waals surface area contributed by atoms with Crippen molar-refractivity contribution in [1.29, 1.82) is 0 Å². The Morgan fingerprint density at radius 2 is 2.18 bits per heavy atom. The summed E-state index contributed by atoms with van der Waals surface area (Å²) in [6.07, 6.45) is 0. The molecule has 0 spiro atoms. The number of methoxy groups -OCH3 is 1. The summed E-state index contributed by atoms with van der Waals surface area (Å²) in [6.45, 7) is 2.09. The molecule has 2 rings (SSSR count). The maximum Gasteiger partial charge on any atom is 0.160 e. The predicted octanol–water partition coefficient (Wildman–Crippen LogP) is 3.64. The molecule has 3 nitrogen and oxygen atoms in total. The van der Waals surface area contributed by atoms with Gasteiger partial charge in [0.05, 0.1) is 13.2 Å². The van der Waals surface area contributed by atoms with Crippen LogP contribution in [-0.4, -0.2) is 12.2 Å². The van der Waals surface area contributed by atoms with Gasteiger partial charge >= 0.3 is 0 Å². The molecule has 0 aliphatic rings. The number of thiophene rings is 1. The van der Waals surface area contributed by atoms with Gasteiger partial charge in [-0.15, -0.1) is 11.3 Å². The molecule has 0 amide bonds. The van der Waals surface area contributed by atoms with E-state index in [0.717, 1.165) is 5.69 Å². The maximum absolute atomic E-state index is 9.67. The van der Waals surface area contributed by atoms with Gasteiger partial charge in [0.15, 0.2) is 11.5 Å². The molecule has 0 saturated heterocycles. The molecule has 0 aliphatic heterocycles. The van der Waals surface area contributed by atoms with Crippen LogP contribution in [0.1, 0.15) is 17.8 Å². The van der Waals surface area contributed by atoms with Crippen LogP contribution in [0.2, 0.25) is 0 Å². The lowest BCUT2D eigenvalue weighted by Crippen LogP contribution is -2.04. The second-order valence-corrected chi connectivity index (χ2v) is 4.75. The highest BCUT2D eigenvalue weighted by Crippen LogP contribution is 2.30. The summed E-state index contributed by atoms with van der Waals surface area (Å²) in [5.41, 5.74) is 0.879. The number of aromatic hydroxyl groups is 1. The number of anilines is 1. The number of nitrogens with one attached hydrogen (secondary N) is 1. The fourth-order valence-corrected chi connectivity index (χ4v) is 2.37. The van der Waals surface area contributed by atoms with Gasteiger partial charge in [-0.1, -0.05) is 6.07 Å². The van der Waals surface area contributed by atoms with Gasteiger partial charge in [0.2, 0.25) is 0 Å². The second-order valence-electron chi connectivity index (χ2n) is 3.77. The normalized spacial score (nSPS) is 12.1. The van der Waals surface area contributed by atoms with Crippen molar-refractivity contribution < 1.29 is 9.84 Å². The Balaban J connectivity index is 2.11. The lowest BCUT2D eigenvalue weighted by Gasteiger charge is -2.14. The number of phenols is 1. The minimum atomic E-state index is 0.149. The molecular weight excluding hydrogens is 234 g/mol. The van der Waals surface area contributed by atoms with E-state index >= 15 is 0 Å². The van der Waals surface area contributed by atoms with Crippen molar-refractivity contribution in [3.05, 3.63) is 40.6 Å². The maximum atomic E-state index is 9.67. The molecule has 0 radical (unpaired) electrons. The van der Waals surface area contributed by atoms with Crippen molar-refractivity contribution in [2.24, 2.45) is 0 Å². The fraction of sp³-hybridized carbons (Fsp3) is 0.231. The van der Waals surface area contributed by atoms with E-state index < -0.39 is 0 Å². The van der Waals surface area contributed by atoms with Crippen molar-refractivity contribution >= 4 is 17.0 Å². The Bertz CT molecular complexity index is 482. The number of phenolic OH excluding ortho intramolecular Hbond substituents is 1. The van der Waals surface area contributed by atoms with E-state index in [1.807, 2.05) is 12.1 Å². The van der Waals surface area contributed by atoms with E-state index in [0.29, 0.717) is 5.75 Å². The van der Waals surface area contributed by atoms with Gasteiger partial charge in [0, 0.05) is 16.6 Å². The van der Waals surface area contributed by atoms with Crippen LogP contribution < -0.4 is 10.1 Å². The molecule has 90 valence electrons. The van der Waals surface area contributed by atoms with Crippen molar-refractivity contribution in [2.75, 3.05) is 12.4 Å². The first kappa shape index (κ1) is 11.8. The zero-order chi connectivity index (χ0) is 12.3. The monoisotopic (exact) mass is 249 g/mol. The van der Waals surface area contributed by atoms with Crippen LogP contribution in [0.25, 0.3) is 0 Å². The van der Waals surface area contributed by atoms with Gasteiger partial charge < -0.3 is 15.2 Å².